The number of halogens is 3. The molecule has 7 aromatic rings. The third-order valence-electron chi connectivity index (χ3n) is 11.3. The summed E-state index contributed by atoms with van der Waals surface area (Å²) < 4.78 is 39.4. The molecule has 4 aromatic carbocycles. The van der Waals surface area contributed by atoms with E-state index in [2.05, 4.69) is 44.2 Å². The number of benzene rings is 4. The van der Waals surface area contributed by atoms with E-state index in [0.717, 1.165) is 55.2 Å². The Morgan fingerprint density at radius 2 is 1.46 bits per heavy atom. The average Bonchev–Trinajstić information content (AvgIpc) is 3.74. The lowest BCUT2D eigenvalue weighted by molar-refractivity contribution is 0.181. The maximum Gasteiger partial charge on any atom is 0.226 e. The van der Waals surface area contributed by atoms with E-state index in [4.69, 9.17) is 52.9 Å². The fourth-order valence-electron chi connectivity index (χ4n) is 7.67. The van der Waals surface area contributed by atoms with Crippen molar-refractivity contribution in [2.75, 3.05) is 78.5 Å². The average molecular weight is 968 g/mol. The van der Waals surface area contributed by atoms with E-state index in [1.54, 1.807) is 18.3 Å². The van der Waals surface area contributed by atoms with Crippen molar-refractivity contribution in [1.29, 1.82) is 0 Å². The van der Waals surface area contributed by atoms with Gasteiger partial charge in [-0.1, -0.05) is 49.2 Å². The maximum absolute atomic E-state index is 14.1. The largest absolute Gasteiger partial charge is 0.490 e. The number of ether oxygens (including phenoxy) is 4. The van der Waals surface area contributed by atoms with Crippen LogP contribution in [0.1, 0.15) is 36.2 Å². The van der Waals surface area contributed by atoms with Crippen LogP contribution in [0.25, 0.3) is 43.2 Å². The van der Waals surface area contributed by atoms with Crippen LogP contribution in [0.4, 0.5) is 10.1 Å². The summed E-state index contributed by atoms with van der Waals surface area (Å²) in [6, 6.07) is 21.8. The second-order valence-corrected chi connectivity index (χ2v) is 17.6. The van der Waals surface area contributed by atoms with Crippen molar-refractivity contribution in [3.8, 4) is 56.1 Å². The van der Waals surface area contributed by atoms with Crippen LogP contribution in [0, 0.1) is 19.7 Å². The molecule has 16 heteroatoms. The molecule has 0 spiro atoms. The highest BCUT2D eigenvalue weighted by Crippen LogP contribution is 2.52. The number of rotatable bonds is 8. The summed E-state index contributed by atoms with van der Waals surface area (Å²) in [6.45, 7) is 14.9. The molecule has 3 N–H and O–H groups in total. The van der Waals surface area contributed by atoms with E-state index < -0.39 is 0 Å². The SMILES string of the molecule is CC.CN1CCN(C)CC1.Cc1c(Cl)c2c(Cl)c(C)c1-c1c(-c3ccc(F)cc3)sc3ncnc(c13)OCCc1cc(ccc1OCc1ccnc(-c3ccc(NCCN)cc3)n1)OCCO2. The van der Waals surface area contributed by atoms with Crippen molar-refractivity contribution < 1.29 is 23.3 Å². The number of anilines is 1. The Morgan fingerprint density at radius 3 is 2.15 bits per heavy atom. The zero-order chi connectivity index (χ0) is 47.5. The maximum atomic E-state index is 14.1. The Morgan fingerprint density at radius 1 is 0.791 bits per heavy atom. The van der Waals surface area contributed by atoms with E-state index in [0.29, 0.717) is 68.7 Å². The number of aromatic nitrogens is 4. The van der Waals surface area contributed by atoms with E-state index in [1.165, 1.54) is 56.0 Å². The van der Waals surface area contributed by atoms with Gasteiger partial charge in [0.25, 0.3) is 0 Å². The van der Waals surface area contributed by atoms with Gasteiger partial charge in [-0.25, -0.2) is 24.3 Å². The number of piperazine rings is 1. The summed E-state index contributed by atoms with van der Waals surface area (Å²) >= 11 is 15.5. The summed E-state index contributed by atoms with van der Waals surface area (Å²) in [5, 5.41) is 4.72. The Balaban J connectivity index is 0.000000598. The first-order valence-corrected chi connectivity index (χ1v) is 24.0. The van der Waals surface area contributed by atoms with Gasteiger partial charge in [0.1, 0.15) is 48.3 Å². The quantitative estimate of drug-likeness (QED) is 0.150. The van der Waals surface area contributed by atoms with Gasteiger partial charge in [-0.05, 0) is 111 Å². The van der Waals surface area contributed by atoms with Crippen LogP contribution < -0.4 is 30.0 Å². The number of fused-ring (bicyclic) bond motifs is 7. The van der Waals surface area contributed by atoms with E-state index in [1.807, 2.05) is 76.2 Å². The number of thiophene rings is 1. The van der Waals surface area contributed by atoms with E-state index >= 15 is 0 Å². The molecule has 4 bridgehead atoms. The second kappa shape index (κ2) is 23.4. The molecule has 0 atom stereocenters. The first kappa shape index (κ1) is 49.3. The number of nitrogens with zero attached hydrogens (tertiary/aromatic N) is 6. The third-order valence-corrected chi connectivity index (χ3v) is 13.3. The number of hydrogen-bond acceptors (Lipinski definition) is 13. The minimum absolute atomic E-state index is 0.192. The summed E-state index contributed by atoms with van der Waals surface area (Å²) in [7, 11) is 4.35. The number of nitrogens with two attached hydrogens (primary N) is 1. The number of nitrogens with one attached hydrogen (secondary N) is 1. The molecule has 352 valence electrons. The predicted molar refractivity (Wildman–Crippen MR) is 270 cm³/mol. The van der Waals surface area contributed by atoms with E-state index in [9.17, 15) is 4.39 Å². The van der Waals surface area contributed by atoms with Gasteiger partial charge in [-0.3, -0.25) is 0 Å². The van der Waals surface area contributed by atoms with Crippen molar-refractivity contribution in [1.82, 2.24) is 29.7 Å². The van der Waals surface area contributed by atoms with Gasteiger partial charge in [0.05, 0.1) is 27.7 Å². The van der Waals surface area contributed by atoms with E-state index in [-0.39, 0.29) is 32.2 Å². The molecule has 67 heavy (non-hydrogen) atoms. The fraction of sp³-hybridized carbons (Fsp3) is 0.333. The Kier molecular flexibility index (Phi) is 17.2. The molecule has 6 heterocycles. The lowest BCUT2D eigenvalue weighted by atomic mass is 9.92. The molecule has 1 fully saturated rings. The normalized spacial score (nSPS) is 14.1. The van der Waals surface area contributed by atoms with Gasteiger partial charge in [0.2, 0.25) is 5.88 Å². The van der Waals surface area contributed by atoms with Gasteiger partial charge in [0.15, 0.2) is 11.6 Å². The topological polar surface area (TPSA) is 133 Å². The van der Waals surface area contributed by atoms with Crippen molar-refractivity contribution in [2.45, 2.75) is 40.7 Å². The summed E-state index contributed by atoms with van der Waals surface area (Å²) in [5.41, 5.74) is 13.0. The summed E-state index contributed by atoms with van der Waals surface area (Å²) in [5.74, 6) is 2.31. The van der Waals surface area contributed by atoms with Crippen LogP contribution in [0.5, 0.6) is 23.1 Å². The van der Waals surface area contributed by atoms with Crippen LogP contribution in [-0.2, 0) is 13.0 Å². The van der Waals surface area contributed by atoms with Crippen LogP contribution in [0.2, 0.25) is 10.0 Å². The van der Waals surface area contributed by atoms with Crippen LogP contribution >= 0.6 is 34.5 Å². The Hall–Kier alpha value is -5.61. The van der Waals surface area contributed by atoms with Crippen LogP contribution in [0.3, 0.4) is 0 Å². The Bertz CT molecular complexity index is 2710. The number of likely N-dealkylation sites (N-methyl/N-ethyl adjacent to an activating group) is 2. The minimum atomic E-state index is -0.334. The molecule has 0 saturated carbocycles. The van der Waals surface area contributed by atoms with Crippen molar-refractivity contribution >= 4 is 50.4 Å². The van der Waals surface area contributed by atoms with Crippen molar-refractivity contribution in [3.05, 3.63) is 124 Å². The smallest absolute Gasteiger partial charge is 0.226 e. The van der Waals surface area contributed by atoms with Gasteiger partial charge < -0.3 is 39.8 Å². The van der Waals surface area contributed by atoms with Gasteiger partial charge >= 0.3 is 0 Å². The second-order valence-electron chi connectivity index (χ2n) is 15.9. The highest BCUT2D eigenvalue weighted by molar-refractivity contribution is 7.22. The lowest BCUT2D eigenvalue weighted by Crippen LogP contribution is -2.42. The predicted octanol–water partition coefficient (Wildman–Crippen LogP) is 10.8. The van der Waals surface area contributed by atoms with Crippen molar-refractivity contribution in [3.63, 3.8) is 0 Å². The number of hydrogen-bond donors (Lipinski definition) is 2. The Labute approximate surface area is 406 Å². The molecule has 0 unspecified atom stereocenters. The minimum Gasteiger partial charge on any atom is -0.490 e. The summed E-state index contributed by atoms with van der Waals surface area (Å²) in [6.07, 6.45) is 3.67. The fourth-order valence-corrected chi connectivity index (χ4v) is 9.35. The first-order chi connectivity index (χ1) is 32.6. The highest BCUT2D eigenvalue weighted by Gasteiger charge is 2.28. The standard InChI is InChI=1S/C43H37Cl2FN6O4S.C6H14N2.C2H6/c1-24-34-25(2)38(45)39(37(24)44)54-20-19-53-32-11-12-33(56-22-31-13-16-49-41(52-31)27-5-9-30(10-6-27)48-17-15-47)28(21-32)14-18-55-42-36-35(34)40(57-43(36)51-23-50-42)26-3-7-29(46)8-4-26;1-7-3-5-8(2)6-4-7;1-2/h3-13,16,21,23,48H,14-15,17-20,22,47H2,1-2H3;3-6H2,1-2H3;1-2H3. The van der Waals surface area contributed by atoms with Gasteiger partial charge in [0, 0.05) is 79.1 Å². The molecule has 3 aliphatic rings. The summed E-state index contributed by atoms with van der Waals surface area (Å²) in [4.78, 5) is 24.8. The highest BCUT2D eigenvalue weighted by atomic mass is 35.5. The molecule has 1 saturated heterocycles. The van der Waals surface area contributed by atoms with Crippen molar-refractivity contribution in [2.24, 2.45) is 5.73 Å². The zero-order valence-electron chi connectivity index (χ0n) is 38.8. The van der Waals surface area contributed by atoms with Gasteiger partial charge in [-0.2, -0.15) is 0 Å². The molecule has 3 aliphatic heterocycles. The molecule has 0 radical (unpaired) electrons. The molecule has 12 nitrogen and oxygen atoms in total. The molecule has 0 aliphatic carbocycles. The monoisotopic (exact) mass is 966 g/mol. The zero-order valence-corrected chi connectivity index (χ0v) is 41.1. The molecular weight excluding hydrogens is 911 g/mol. The first-order valence-electron chi connectivity index (χ1n) is 22.5. The molecule has 10 rings (SSSR count). The molecule has 3 aromatic heterocycles. The lowest BCUT2D eigenvalue weighted by Gasteiger charge is -2.28. The van der Waals surface area contributed by atoms with Gasteiger partial charge in [-0.15, -0.1) is 11.3 Å². The molecule has 0 amide bonds. The van der Waals surface area contributed by atoms with Crippen LogP contribution in [-0.4, -0.2) is 103 Å². The third kappa shape index (κ3) is 11.9. The molecular formula is C51H57Cl2FN8O4S. The van der Waals surface area contributed by atoms with Crippen LogP contribution in [0.15, 0.2) is 85.3 Å².